The molecule has 154 valence electrons. The Morgan fingerprint density at radius 1 is 1.03 bits per heavy atom. The molecular formula is C22H26ClN3O3. The second kappa shape index (κ2) is 9.67. The average molecular weight is 416 g/mol. The molecule has 1 amide bonds. The van der Waals surface area contributed by atoms with Gasteiger partial charge in [0.2, 0.25) is 5.91 Å². The predicted octanol–water partition coefficient (Wildman–Crippen LogP) is 3.76. The molecule has 1 aliphatic rings. The van der Waals surface area contributed by atoms with Gasteiger partial charge in [-0.3, -0.25) is 4.79 Å². The third-order valence-electron chi connectivity index (χ3n) is 4.90. The lowest BCUT2D eigenvalue weighted by Gasteiger charge is -2.35. The summed E-state index contributed by atoms with van der Waals surface area (Å²) in [5.74, 6) is 1.03. The summed E-state index contributed by atoms with van der Waals surface area (Å²) in [5.41, 5.74) is 2.53. The molecule has 1 N–H and O–H groups in total. The molecule has 0 aromatic heterocycles. The number of methoxy groups -OCH3 is 2. The van der Waals surface area contributed by atoms with Gasteiger partial charge in [0, 0.05) is 37.3 Å². The van der Waals surface area contributed by atoms with Gasteiger partial charge in [0.1, 0.15) is 0 Å². The fourth-order valence-corrected chi connectivity index (χ4v) is 3.41. The fraction of sp³-hybridized carbons (Fsp3) is 0.318. The molecule has 1 aliphatic heterocycles. The van der Waals surface area contributed by atoms with Crippen molar-refractivity contribution in [3.8, 4) is 11.5 Å². The van der Waals surface area contributed by atoms with E-state index in [0.29, 0.717) is 22.2 Å². The molecule has 2 aromatic carbocycles. The van der Waals surface area contributed by atoms with Crippen molar-refractivity contribution in [3.05, 3.63) is 53.1 Å². The molecular weight excluding hydrogens is 390 g/mol. The first-order valence-corrected chi connectivity index (χ1v) is 9.82. The van der Waals surface area contributed by atoms with E-state index in [1.807, 2.05) is 24.3 Å². The molecule has 0 radical (unpaired) electrons. The molecule has 0 unspecified atom stereocenters. The molecule has 3 rings (SSSR count). The van der Waals surface area contributed by atoms with Crippen molar-refractivity contribution in [2.75, 3.05) is 57.7 Å². The van der Waals surface area contributed by atoms with Crippen LogP contribution in [-0.2, 0) is 4.79 Å². The molecule has 2 aromatic rings. The number of benzene rings is 2. The molecule has 1 saturated heterocycles. The van der Waals surface area contributed by atoms with Crippen molar-refractivity contribution >= 4 is 35.0 Å². The summed E-state index contributed by atoms with van der Waals surface area (Å²) in [4.78, 5) is 17.1. The monoisotopic (exact) mass is 415 g/mol. The maximum absolute atomic E-state index is 12.5. The van der Waals surface area contributed by atoms with Crippen molar-refractivity contribution in [1.82, 2.24) is 4.90 Å². The lowest BCUT2D eigenvalue weighted by atomic mass is 10.2. The smallest absolute Gasteiger partial charge is 0.248 e. The van der Waals surface area contributed by atoms with Gasteiger partial charge in [-0.15, -0.1) is 0 Å². The van der Waals surface area contributed by atoms with E-state index >= 15 is 0 Å². The average Bonchev–Trinajstić information content (AvgIpc) is 2.73. The van der Waals surface area contributed by atoms with Crippen LogP contribution in [0.15, 0.2) is 42.5 Å². The number of anilines is 2. The number of hydrogen-bond donors (Lipinski definition) is 1. The molecule has 0 aliphatic carbocycles. The topological polar surface area (TPSA) is 54.0 Å². The number of ether oxygens (including phenoxy) is 2. The van der Waals surface area contributed by atoms with Gasteiger partial charge in [0.05, 0.1) is 25.6 Å². The minimum Gasteiger partial charge on any atom is -0.493 e. The minimum absolute atomic E-state index is 0.225. The van der Waals surface area contributed by atoms with E-state index in [2.05, 4.69) is 22.2 Å². The van der Waals surface area contributed by atoms with Gasteiger partial charge < -0.3 is 24.6 Å². The summed E-state index contributed by atoms with van der Waals surface area (Å²) >= 11 is 6.18. The Labute approximate surface area is 176 Å². The molecule has 29 heavy (non-hydrogen) atoms. The highest BCUT2D eigenvalue weighted by molar-refractivity contribution is 6.31. The van der Waals surface area contributed by atoms with Gasteiger partial charge in [-0.2, -0.15) is 0 Å². The van der Waals surface area contributed by atoms with E-state index in [4.69, 9.17) is 21.1 Å². The third kappa shape index (κ3) is 5.43. The first-order valence-electron chi connectivity index (χ1n) is 9.44. The first-order chi connectivity index (χ1) is 14.0. The maximum atomic E-state index is 12.5. The number of rotatable bonds is 6. The zero-order chi connectivity index (χ0) is 20.8. The van der Waals surface area contributed by atoms with Crippen molar-refractivity contribution in [1.29, 1.82) is 0 Å². The Balaban J connectivity index is 1.73. The van der Waals surface area contributed by atoms with Gasteiger partial charge >= 0.3 is 0 Å². The molecule has 0 saturated carbocycles. The van der Waals surface area contributed by atoms with Crippen LogP contribution in [0.25, 0.3) is 6.08 Å². The Bertz CT molecular complexity index is 893. The van der Waals surface area contributed by atoms with Crippen molar-refractivity contribution in [2.24, 2.45) is 0 Å². The number of nitrogens with one attached hydrogen (secondary N) is 1. The van der Waals surface area contributed by atoms with Gasteiger partial charge in [-0.05, 0) is 49.0 Å². The lowest BCUT2D eigenvalue weighted by molar-refractivity contribution is -0.111. The Morgan fingerprint density at radius 2 is 1.76 bits per heavy atom. The summed E-state index contributed by atoms with van der Waals surface area (Å²) in [6, 6.07) is 11.1. The predicted molar refractivity (Wildman–Crippen MR) is 118 cm³/mol. The number of carbonyl (C=O) groups is 1. The van der Waals surface area contributed by atoms with Gasteiger partial charge in [-0.25, -0.2) is 0 Å². The van der Waals surface area contributed by atoms with E-state index in [1.165, 1.54) is 6.08 Å². The molecule has 1 fully saturated rings. The molecule has 0 spiro atoms. The van der Waals surface area contributed by atoms with E-state index in [9.17, 15) is 4.79 Å². The number of nitrogens with zero attached hydrogens (tertiary/aromatic N) is 2. The van der Waals surface area contributed by atoms with Gasteiger partial charge in [0.25, 0.3) is 0 Å². The van der Waals surface area contributed by atoms with Gasteiger partial charge in [-0.1, -0.05) is 17.7 Å². The van der Waals surface area contributed by atoms with Crippen molar-refractivity contribution < 1.29 is 14.3 Å². The summed E-state index contributed by atoms with van der Waals surface area (Å²) in [6.45, 7) is 3.77. The number of carbonyl (C=O) groups excluding carboxylic acids is 1. The zero-order valence-corrected chi connectivity index (χ0v) is 17.7. The molecule has 0 bridgehead atoms. The van der Waals surface area contributed by atoms with Crippen LogP contribution >= 0.6 is 11.6 Å². The van der Waals surface area contributed by atoms with Crippen molar-refractivity contribution in [3.63, 3.8) is 0 Å². The van der Waals surface area contributed by atoms with E-state index in [0.717, 1.165) is 37.4 Å². The number of halogens is 1. The number of likely N-dealkylation sites (N-methyl/N-ethyl adjacent to an activating group) is 1. The maximum Gasteiger partial charge on any atom is 0.248 e. The highest BCUT2D eigenvalue weighted by Crippen LogP contribution is 2.30. The molecule has 1 heterocycles. The third-order valence-corrected chi connectivity index (χ3v) is 5.13. The Kier molecular flexibility index (Phi) is 7.01. The molecule has 6 nitrogen and oxygen atoms in total. The van der Waals surface area contributed by atoms with E-state index < -0.39 is 0 Å². The standard InChI is InChI=1S/C22H26ClN3O3/c1-25-10-12-26(13-11-25)19-7-6-17(23)15-18(19)24-22(27)9-5-16-4-8-20(28-2)21(14-16)29-3/h4-9,14-15H,10-13H2,1-3H3,(H,24,27)/b9-5+. The lowest BCUT2D eigenvalue weighted by Crippen LogP contribution is -2.44. The number of piperazine rings is 1. The second-order valence-electron chi connectivity index (χ2n) is 6.89. The van der Waals surface area contributed by atoms with Crippen LogP contribution in [0.4, 0.5) is 11.4 Å². The molecule has 7 heteroatoms. The summed E-state index contributed by atoms with van der Waals surface area (Å²) < 4.78 is 10.5. The Morgan fingerprint density at radius 3 is 2.45 bits per heavy atom. The van der Waals surface area contributed by atoms with Crippen LogP contribution in [0.5, 0.6) is 11.5 Å². The second-order valence-corrected chi connectivity index (χ2v) is 7.33. The summed E-state index contributed by atoms with van der Waals surface area (Å²) in [5, 5.41) is 3.55. The Hall–Kier alpha value is -2.70. The van der Waals surface area contributed by atoms with Crippen LogP contribution in [-0.4, -0.2) is 58.3 Å². The highest BCUT2D eigenvalue weighted by Gasteiger charge is 2.18. The molecule has 0 atom stereocenters. The quantitative estimate of drug-likeness (QED) is 0.728. The van der Waals surface area contributed by atoms with Crippen LogP contribution < -0.4 is 19.7 Å². The fourth-order valence-electron chi connectivity index (χ4n) is 3.23. The van der Waals surface area contributed by atoms with E-state index in [-0.39, 0.29) is 5.91 Å². The highest BCUT2D eigenvalue weighted by atomic mass is 35.5. The van der Waals surface area contributed by atoms with Gasteiger partial charge in [0.15, 0.2) is 11.5 Å². The summed E-state index contributed by atoms with van der Waals surface area (Å²) in [6.07, 6.45) is 3.23. The minimum atomic E-state index is -0.225. The zero-order valence-electron chi connectivity index (χ0n) is 16.9. The number of hydrogen-bond acceptors (Lipinski definition) is 5. The van der Waals surface area contributed by atoms with E-state index in [1.54, 1.807) is 32.4 Å². The largest absolute Gasteiger partial charge is 0.493 e. The van der Waals surface area contributed by atoms with Crippen LogP contribution in [0.2, 0.25) is 5.02 Å². The normalized spacial score (nSPS) is 14.8. The SMILES string of the molecule is COc1ccc(/C=C/C(=O)Nc2cc(Cl)ccc2N2CCN(C)CC2)cc1OC. The first kappa shape index (κ1) is 21.0. The van der Waals surface area contributed by atoms with Crippen LogP contribution in [0.1, 0.15) is 5.56 Å². The number of amides is 1. The van der Waals surface area contributed by atoms with Crippen LogP contribution in [0.3, 0.4) is 0 Å². The summed E-state index contributed by atoms with van der Waals surface area (Å²) in [7, 11) is 5.28. The van der Waals surface area contributed by atoms with Crippen LogP contribution in [0, 0.1) is 0 Å². The van der Waals surface area contributed by atoms with Crippen molar-refractivity contribution in [2.45, 2.75) is 0 Å².